The second-order valence-electron chi connectivity index (χ2n) is 4.16. The molecular formula is C13H14FNO. The summed E-state index contributed by atoms with van der Waals surface area (Å²) in [5, 5.41) is 3.25. The number of alkyl halides is 1. The molecule has 1 unspecified atom stereocenters. The van der Waals surface area contributed by atoms with Gasteiger partial charge in [0, 0.05) is 24.2 Å². The molecule has 0 saturated heterocycles. The van der Waals surface area contributed by atoms with Crippen molar-refractivity contribution in [2.45, 2.75) is 19.0 Å². The quantitative estimate of drug-likeness (QED) is 0.825. The third kappa shape index (κ3) is 1.47. The number of nitrogens with one attached hydrogen (secondary N) is 1. The van der Waals surface area contributed by atoms with Gasteiger partial charge in [0.15, 0.2) is 6.17 Å². The highest BCUT2D eigenvalue weighted by Gasteiger charge is 2.25. The number of benzene rings is 1. The summed E-state index contributed by atoms with van der Waals surface area (Å²) in [6.07, 6.45) is 2.52. The second kappa shape index (κ2) is 3.81. The van der Waals surface area contributed by atoms with Gasteiger partial charge in [-0.2, -0.15) is 0 Å². The third-order valence-electron chi connectivity index (χ3n) is 3.13. The van der Waals surface area contributed by atoms with E-state index in [1.54, 1.807) is 0 Å². The molecule has 0 spiro atoms. The highest BCUT2D eigenvalue weighted by atomic mass is 19.1. The van der Waals surface area contributed by atoms with Crippen LogP contribution in [-0.2, 0) is 11.2 Å². The molecule has 0 aromatic heterocycles. The van der Waals surface area contributed by atoms with E-state index >= 15 is 0 Å². The number of halogens is 1. The number of allylic oxidation sites excluding steroid dienone is 1. The SMILES string of the molecule is FC(C1=CCCO1)c1cccc2c1NCC2. The summed E-state index contributed by atoms with van der Waals surface area (Å²) in [5.74, 6) is 0.474. The number of anilines is 1. The molecule has 2 nitrogen and oxygen atoms in total. The van der Waals surface area contributed by atoms with E-state index in [0.29, 0.717) is 17.9 Å². The van der Waals surface area contributed by atoms with Gasteiger partial charge < -0.3 is 10.1 Å². The predicted molar refractivity (Wildman–Crippen MR) is 61.1 cm³/mol. The van der Waals surface area contributed by atoms with Gasteiger partial charge in [-0.3, -0.25) is 0 Å². The van der Waals surface area contributed by atoms with Crippen LogP contribution in [0.15, 0.2) is 30.0 Å². The number of hydrogen-bond donors (Lipinski definition) is 1. The van der Waals surface area contributed by atoms with E-state index in [-0.39, 0.29) is 0 Å². The van der Waals surface area contributed by atoms with Crippen LogP contribution in [0.1, 0.15) is 23.7 Å². The molecule has 1 N–H and O–H groups in total. The Labute approximate surface area is 94.1 Å². The number of fused-ring (bicyclic) bond motifs is 1. The lowest BCUT2D eigenvalue weighted by atomic mass is 10.0. The van der Waals surface area contributed by atoms with E-state index in [2.05, 4.69) is 11.4 Å². The second-order valence-corrected chi connectivity index (χ2v) is 4.16. The molecular weight excluding hydrogens is 205 g/mol. The van der Waals surface area contributed by atoms with Crippen LogP contribution in [0.2, 0.25) is 0 Å². The summed E-state index contributed by atoms with van der Waals surface area (Å²) in [6, 6.07) is 5.81. The Morgan fingerprint density at radius 2 is 2.31 bits per heavy atom. The molecule has 2 heterocycles. The zero-order chi connectivity index (χ0) is 11.0. The molecule has 16 heavy (non-hydrogen) atoms. The topological polar surface area (TPSA) is 21.3 Å². The van der Waals surface area contributed by atoms with Crippen molar-refractivity contribution >= 4 is 5.69 Å². The first-order valence-electron chi connectivity index (χ1n) is 5.69. The zero-order valence-corrected chi connectivity index (χ0v) is 9.00. The summed E-state index contributed by atoms with van der Waals surface area (Å²) in [4.78, 5) is 0. The van der Waals surface area contributed by atoms with E-state index in [1.165, 1.54) is 5.56 Å². The van der Waals surface area contributed by atoms with E-state index in [1.807, 2.05) is 18.2 Å². The summed E-state index contributed by atoms with van der Waals surface area (Å²) >= 11 is 0. The van der Waals surface area contributed by atoms with Crippen molar-refractivity contribution in [2.75, 3.05) is 18.5 Å². The number of hydrogen-bond acceptors (Lipinski definition) is 2. The minimum absolute atomic E-state index is 0.474. The van der Waals surface area contributed by atoms with Gasteiger partial charge in [0.25, 0.3) is 0 Å². The fourth-order valence-electron chi connectivity index (χ4n) is 2.34. The van der Waals surface area contributed by atoms with Gasteiger partial charge >= 0.3 is 0 Å². The monoisotopic (exact) mass is 219 g/mol. The largest absolute Gasteiger partial charge is 0.494 e. The van der Waals surface area contributed by atoms with Crippen LogP contribution in [0.25, 0.3) is 0 Å². The molecule has 2 aliphatic heterocycles. The lowest BCUT2D eigenvalue weighted by molar-refractivity contribution is 0.181. The molecule has 0 saturated carbocycles. The van der Waals surface area contributed by atoms with Crippen molar-refractivity contribution in [1.82, 2.24) is 0 Å². The molecule has 1 aromatic rings. The minimum Gasteiger partial charge on any atom is -0.494 e. The van der Waals surface area contributed by atoms with E-state index < -0.39 is 6.17 Å². The fourth-order valence-corrected chi connectivity index (χ4v) is 2.34. The Kier molecular flexibility index (Phi) is 2.31. The normalized spacial score (nSPS) is 19.7. The van der Waals surface area contributed by atoms with Crippen LogP contribution in [-0.4, -0.2) is 13.2 Å². The first-order valence-corrected chi connectivity index (χ1v) is 5.69. The van der Waals surface area contributed by atoms with E-state index in [4.69, 9.17) is 4.74 Å². The third-order valence-corrected chi connectivity index (χ3v) is 3.13. The van der Waals surface area contributed by atoms with Gasteiger partial charge in [-0.1, -0.05) is 18.2 Å². The maximum atomic E-state index is 14.3. The zero-order valence-electron chi connectivity index (χ0n) is 9.00. The summed E-state index contributed by atoms with van der Waals surface area (Å²) in [6.45, 7) is 1.51. The van der Waals surface area contributed by atoms with Gasteiger partial charge in [-0.05, 0) is 18.1 Å². The van der Waals surface area contributed by atoms with Crippen LogP contribution < -0.4 is 5.32 Å². The predicted octanol–water partition coefficient (Wildman–Crippen LogP) is 2.97. The van der Waals surface area contributed by atoms with Crippen molar-refractivity contribution < 1.29 is 9.13 Å². The van der Waals surface area contributed by atoms with E-state index in [9.17, 15) is 4.39 Å². The van der Waals surface area contributed by atoms with Crippen LogP contribution in [0, 0.1) is 0 Å². The molecule has 2 aliphatic rings. The molecule has 0 radical (unpaired) electrons. The number of para-hydroxylation sites is 1. The smallest absolute Gasteiger partial charge is 0.184 e. The average molecular weight is 219 g/mol. The Morgan fingerprint density at radius 1 is 1.38 bits per heavy atom. The molecule has 0 aliphatic carbocycles. The molecule has 0 bridgehead atoms. The summed E-state index contributed by atoms with van der Waals surface area (Å²) in [5.41, 5.74) is 2.88. The van der Waals surface area contributed by atoms with Crippen LogP contribution in [0.4, 0.5) is 10.1 Å². The Morgan fingerprint density at radius 3 is 3.12 bits per heavy atom. The standard InChI is InChI=1S/C13H14FNO/c14-12(11-5-2-8-16-11)10-4-1-3-9-6-7-15-13(9)10/h1,3-5,12,15H,2,6-8H2. The Balaban J connectivity index is 1.97. The Hall–Kier alpha value is -1.51. The highest BCUT2D eigenvalue weighted by molar-refractivity contribution is 5.62. The van der Waals surface area contributed by atoms with Crippen molar-refractivity contribution in [2.24, 2.45) is 0 Å². The van der Waals surface area contributed by atoms with E-state index in [0.717, 1.165) is 25.1 Å². The maximum absolute atomic E-state index is 14.3. The van der Waals surface area contributed by atoms with Crippen LogP contribution in [0.5, 0.6) is 0 Å². The first kappa shape index (κ1) is 9.70. The van der Waals surface area contributed by atoms with Gasteiger partial charge in [0.05, 0.1) is 6.61 Å². The molecule has 0 amide bonds. The first-order chi connectivity index (χ1) is 7.86. The number of rotatable bonds is 2. The van der Waals surface area contributed by atoms with Crippen molar-refractivity contribution in [3.63, 3.8) is 0 Å². The summed E-state index contributed by atoms with van der Waals surface area (Å²) < 4.78 is 19.5. The molecule has 84 valence electrons. The maximum Gasteiger partial charge on any atom is 0.184 e. The lowest BCUT2D eigenvalue weighted by Crippen LogP contribution is -2.02. The summed E-state index contributed by atoms with van der Waals surface area (Å²) in [7, 11) is 0. The van der Waals surface area contributed by atoms with Crippen molar-refractivity contribution in [3.8, 4) is 0 Å². The van der Waals surface area contributed by atoms with Gasteiger partial charge in [-0.25, -0.2) is 4.39 Å². The number of ether oxygens (including phenoxy) is 1. The molecule has 1 aromatic carbocycles. The highest BCUT2D eigenvalue weighted by Crippen LogP contribution is 2.37. The van der Waals surface area contributed by atoms with Crippen molar-refractivity contribution in [1.29, 1.82) is 0 Å². The van der Waals surface area contributed by atoms with Gasteiger partial charge in [0.1, 0.15) is 5.76 Å². The molecule has 1 atom stereocenters. The molecule has 3 rings (SSSR count). The lowest BCUT2D eigenvalue weighted by Gasteiger charge is -2.14. The van der Waals surface area contributed by atoms with Gasteiger partial charge in [-0.15, -0.1) is 0 Å². The van der Waals surface area contributed by atoms with Crippen molar-refractivity contribution in [3.05, 3.63) is 41.2 Å². The average Bonchev–Trinajstić information content (AvgIpc) is 2.98. The van der Waals surface area contributed by atoms with Gasteiger partial charge in [0.2, 0.25) is 0 Å². The van der Waals surface area contributed by atoms with Crippen LogP contribution >= 0.6 is 0 Å². The Bertz CT molecular complexity index is 442. The minimum atomic E-state index is -1.12. The fraction of sp³-hybridized carbons (Fsp3) is 0.385. The molecule has 0 fully saturated rings. The van der Waals surface area contributed by atoms with Crippen LogP contribution in [0.3, 0.4) is 0 Å². The molecule has 3 heteroatoms.